The smallest absolute Gasteiger partial charge is 0.303 e. The van der Waals surface area contributed by atoms with Gasteiger partial charge in [0.15, 0.2) is 0 Å². The number of hydrogen-bond donors (Lipinski definition) is 2. The van der Waals surface area contributed by atoms with Crippen LogP contribution in [0.3, 0.4) is 0 Å². The molecule has 1 aliphatic heterocycles. The Morgan fingerprint density at radius 3 is 2.71 bits per heavy atom. The average molecular weight is 242 g/mol. The van der Waals surface area contributed by atoms with E-state index in [4.69, 9.17) is 5.11 Å². The molecule has 0 radical (unpaired) electrons. The van der Waals surface area contributed by atoms with Gasteiger partial charge in [-0.1, -0.05) is 13.8 Å². The fourth-order valence-electron chi connectivity index (χ4n) is 2.34. The number of nitrogens with one attached hydrogen (secondary N) is 1. The molecule has 0 aromatic heterocycles. The van der Waals surface area contributed by atoms with Gasteiger partial charge in [-0.15, -0.1) is 0 Å². The van der Waals surface area contributed by atoms with E-state index < -0.39 is 5.97 Å². The van der Waals surface area contributed by atoms with E-state index in [1.165, 1.54) is 0 Å². The number of carbonyl (C=O) groups is 1. The molecule has 0 saturated carbocycles. The molecule has 1 heterocycles. The number of carboxylic acid groups (broad SMARTS) is 1. The minimum atomic E-state index is -0.702. The first kappa shape index (κ1) is 14.5. The molecule has 2 N–H and O–H groups in total. The predicted octanol–water partition coefficient (Wildman–Crippen LogP) is 1.56. The van der Waals surface area contributed by atoms with Crippen LogP contribution in [0.15, 0.2) is 0 Å². The Labute approximate surface area is 104 Å². The first-order chi connectivity index (χ1) is 7.81. The van der Waals surface area contributed by atoms with Gasteiger partial charge in [-0.3, -0.25) is 9.69 Å². The van der Waals surface area contributed by atoms with E-state index in [1.807, 2.05) is 0 Å². The van der Waals surface area contributed by atoms with E-state index in [2.05, 4.69) is 37.9 Å². The molecule has 0 aromatic carbocycles. The van der Waals surface area contributed by atoms with E-state index in [1.54, 1.807) is 0 Å². The number of hydrogen-bond acceptors (Lipinski definition) is 3. The molecule has 0 aromatic rings. The number of carboxylic acids is 1. The van der Waals surface area contributed by atoms with Crippen LogP contribution in [-0.2, 0) is 4.79 Å². The van der Waals surface area contributed by atoms with E-state index in [-0.39, 0.29) is 12.0 Å². The third kappa shape index (κ3) is 4.64. The van der Waals surface area contributed by atoms with Gasteiger partial charge < -0.3 is 10.4 Å². The van der Waals surface area contributed by atoms with Crippen LogP contribution < -0.4 is 5.32 Å². The summed E-state index contributed by atoms with van der Waals surface area (Å²) in [6.07, 6.45) is 0.980. The van der Waals surface area contributed by atoms with Crippen molar-refractivity contribution in [1.82, 2.24) is 10.2 Å². The van der Waals surface area contributed by atoms with Gasteiger partial charge in [0.2, 0.25) is 0 Å². The molecule has 0 spiro atoms. The number of aliphatic carboxylic acids is 1. The van der Waals surface area contributed by atoms with Gasteiger partial charge >= 0.3 is 5.97 Å². The predicted molar refractivity (Wildman–Crippen MR) is 69.2 cm³/mol. The Balaban J connectivity index is 2.51. The Kier molecular flexibility index (Phi) is 4.95. The van der Waals surface area contributed by atoms with Crippen molar-refractivity contribution >= 4 is 5.97 Å². The zero-order valence-electron chi connectivity index (χ0n) is 11.5. The second-order valence-corrected chi connectivity index (χ2v) is 6.12. The Bertz CT molecular complexity index is 264. The Morgan fingerprint density at radius 1 is 1.53 bits per heavy atom. The largest absolute Gasteiger partial charge is 0.481 e. The van der Waals surface area contributed by atoms with Crippen LogP contribution in [0.4, 0.5) is 0 Å². The lowest BCUT2D eigenvalue weighted by Crippen LogP contribution is -2.62. The molecule has 0 amide bonds. The SMILES string of the molecule is CC(C)CN1CC(CCC(=O)O)NCC1(C)C. The lowest BCUT2D eigenvalue weighted by molar-refractivity contribution is -0.137. The van der Waals surface area contributed by atoms with Crippen LogP contribution in [0, 0.1) is 5.92 Å². The molecule has 1 aliphatic rings. The zero-order chi connectivity index (χ0) is 13.1. The van der Waals surface area contributed by atoms with E-state index in [9.17, 15) is 4.79 Å². The molecule has 1 saturated heterocycles. The Hall–Kier alpha value is -0.610. The van der Waals surface area contributed by atoms with Crippen molar-refractivity contribution in [3.05, 3.63) is 0 Å². The molecular formula is C13H26N2O2. The van der Waals surface area contributed by atoms with Gasteiger partial charge in [-0.25, -0.2) is 0 Å². The summed E-state index contributed by atoms with van der Waals surface area (Å²) in [5, 5.41) is 12.2. The molecule has 4 nitrogen and oxygen atoms in total. The standard InChI is InChI=1S/C13H26N2O2/c1-10(2)7-15-8-11(5-6-12(16)17)14-9-13(15,3)4/h10-11,14H,5-9H2,1-4H3,(H,16,17). The second-order valence-electron chi connectivity index (χ2n) is 6.12. The van der Waals surface area contributed by atoms with Gasteiger partial charge in [0, 0.05) is 37.6 Å². The van der Waals surface area contributed by atoms with Crippen LogP contribution in [0.2, 0.25) is 0 Å². The van der Waals surface area contributed by atoms with Crippen molar-refractivity contribution < 1.29 is 9.90 Å². The fourth-order valence-corrected chi connectivity index (χ4v) is 2.34. The molecule has 0 aliphatic carbocycles. The van der Waals surface area contributed by atoms with E-state index >= 15 is 0 Å². The van der Waals surface area contributed by atoms with Gasteiger partial charge in [0.25, 0.3) is 0 Å². The van der Waals surface area contributed by atoms with Crippen molar-refractivity contribution in [2.24, 2.45) is 5.92 Å². The molecule has 1 rings (SSSR count). The highest BCUT2D eigenvalue weighted by atomic mass is 16.4. The number of piperazine rings is 1. The maximum absolute atomic E-state index is 10.6. The highest BCUT2D eigenvalue weighted by molar-refractivity contribution is 5.66. The highest BCUT2D eigenvalue weighted by Gasteiger charge is 2.33. The van der Waals surface area contributed by atoms with Crippen molar-refractivity contribution in [1.29, 1.82) is 0 Å². The summed E-state index contributed by atoms with van der Waals surface area (Å²) < 4.78 is 0. The first-order valence-corrected chi connectivity index (χ1v) is 6.51. The van der Waals surface area contributed by atoms with Crippen molar-refractivity contribution in [2.75, 3.05) is 19.6 Å². The second kappa shape index (κ2) is 5.83. The normalized spacial score (nSPS) is 25.1. The van der Waals surface area contributed by atoms with Crippen molar-refractivity contribution in [3.8, 4) is 0 Å². The third-order valence-corrected chi connectivity index (χ3v) is 3.41. The maximum atomic E-state index is 10.6. The molecule has 100 valence electrons. The van der Waals surface area contributed by atoms with Crippen molar-refractivity contribution in [2.45, 2.75) is 52.1 Å². The quantitative estimate of drug-likeness (QED) is 0.768. The van der Waals surface area contributed by atoms with Gasteiger partial charge in [-0.2, -0.15) is 0 Å². The summed E-state index contributed by atoms with van der Waals surface area (Å²) in [7, 11) is 0. The summed E-state index contributed by atoms with van der Waals surface area (Å²) in [5.41, 5.74) is 0.171. The first-order valence-electron chi connectivity index (χ1n) is 6.51. The van der Waals surface area contributed by atoms with Crippen LogP contribution in [0.25, 0.3) is 0 Å². The number of rotatable bonds is 5. The van der Waals surface area contributed by atoms with Crippen LogP contribution in [-0.4, -0.2) is 47.2 Å². The lowest BCUT2D eigenvalue weighted by Gasteiger charge is -2.47. The molecule has 17 heavy (non-hydrogen) atoms. The Morgan fingerprint density at radius 2 is 2.18 bits per heavy atom. The molecule has 1 fully saturated rings. The summed E-state index contributed by atoms with van der Waals surface area (Å²) in [5.74, 6) is -0.0560. The molecule has 0 bridgehead atoms. The minimum absolute atomic E-state index is 0.171. The summed E-state index contributed by atoms with van der Waals surface area (Å²) in [4.78, 5) is 13.1. The summed E-state index contributed by atoms with van der Waals surface area (Å²) in [6, 6.07) is 0.317. The molecule has 1 atom stereocenters. The van der Waals surface area contributed by atoms with E-state index in [0.29, 0.717) is 12.0 Å². The zero-order valence-corrected chi connectivity index (χ0v) is 11.5. The van der Waals surface area contributed by atoms with Crippen LogP contribution in [0.1, 0.15) is 40.5 Å². The average Bonchev–Trinajstić information content (AvgIpc) is 2.18. The fraction of sp³-hybridized carbons (Fsp3) is 0.923. The minimum Gasteiger partial charge on any atom is -0.481 e. The number of nitrogens with zero attached hydrogens (tertiary/aromatic N) is 1. The van der Waals surface area contributed by atoms with E-state index in [0.717, 1.165) is 26.1 Å². The molecule has 1 unspecified atom stereocenters. The van der Waals surface area contributed by atoms with Gasteiger partial charge in [-0.05, 0) is 26.2 Å². The van der Waals surface area contributed by atoms with Gasteiger partial charge in [0.05, 0.1) is 0 Å². The van der Waals surface area contributed by atoms with Crippen molar-refractivity contribution in [3.63, 3.8) is 0 Å². The third-order valence-electron chi connectivity index (χ3n) is 3.41. The van der Waals surface area contributed by atoms with Crippen LogP contribution in [0.5, 0.6) is 0 Å². The highest BCUT2D eigenvalue weighted by Crippen LogP contribution is 2.21. The molecular weight excluding hydrogens is 216 g/mol. The van der Waals surface area contributed by atoms with Gasteiger partial charge in [0.1, 0.15) is 0 Å². The molecule has 4 heteroatoms. The maximum Gasteiger partial charge on any atom is 0.303 e. The summed E-state index contributed by atoms with van der Waals surface area (Å²) >= 11 is 0. The monoisotopic (exact) mass is 242 g/mol. The summed E-state index contributed by atoms with van der Waals surface area (Å²) in [6.45, 7) is 11.9. The lowest BCUT2D eigenvalue weighted by atomic mass is 9.94. The topological polar surface area (TPSA) is 52.6 Å². The van der Waals surface area contributed by atoms with Crippen LogP contribution >= 0.6 is 0 Å².